The van der Waals surface area contributed by atoms with Gasteiger partial charge in [-0.3, -0.25) is 4.90 Å². The lowest BCUT2D eigenvalue weighted by atomic mass is 10.1. The molecule has 0 spiro atoms. The van der Waals surface area contributed by atoms with Gasteiger partial charge in [-0.2, -0.15) is 0 Å². The summed E-state index contributed by atoms with van der Waals surface area (Å²) in [5.41, 5.74) is 0. The SMILES string of the molecule is CC(O)/C=C/CN1CCCCC1. The molecule has 1 heterocycles. The van der Waals surface area contributed by atoms with Crippen molar-refractivity contribution in [1.82, 2.24) is 4.90 Å². The van der Waals surface area contributed by atoms with Crippen molar-refractivity contribution in [2.45, 2.75) is 32.3 Å². The predicted molar refractivity (Wildman–Crippen MR) is 51.1 cm³/mol. The van der Waals surface area contributed by atoms with Crippen LogP contribution in [0, 0.1) is 0 Å². The lowest BCUT2D eigenvalue weighted by Crippen LogP contribution is -2.29. The minimum absolute atomic E-state index is 0.296. The molecule has 0 radical (unpaired) electrons. The average Bonchev–Trinajstić information content (AvgIpc) is 2.05. The van der Waals surface area contributed by atoms with Gasteiger partial charge < -0.3 is 5.11 Å². The van der Waals surface area contributed by atoms with E-state index in [1.54, 1.807) is 6.92 Å². The van der Waals surface area contributed by atoms with Gasteiger partial charge in [-0.25, -0.2) is 0 Å². The van der Waals surface area contributed by atoms with Gasteiger partial charge in [0.1, 0.15) is 0 Å². The van der Waals surface area contributed by atoms with Crippen LogP contribution >= 0.6 is 0 Å². The Bertz CT molecular complexity index is 137. The lowest BCUT2D eigenvalue weighted by Gasteiger charge is -2.24. The third-order valence-electron chi connectivity index (χ3n) is 2.23. The average molecular weight is 169 g/mol. The molecule has 1 saturated heterocycles. The van der Waals surface area contributed by atoms with E-state index in [1.807, 2.05) is 6.08 Å². The molecule has 1 N–H and O–H groups in total. The first-order valence-corrected chi connectivity index (χ1v) is 4.86. The van der Waals surface area contributed by atoms with Gasteiger partial charge in [-0.15, -0.1) is 0 Å². The second kappa shape index (κ2) is 5.33. The van der Waals surface area contributed by atoms with Crippen LogP contribution in [0.2, 0.25) is 0 Å². The summed E-state index contributed by atoms with van der Waals surface area (Å²) in [5, 5.41) is 8.98. The molecule has 0 aliphatic carbocycles. The number of piperidine rings is 1. The van der Waals surface area contributed by atoms with E-state index in [0.717, 1.165) is 6.54 Å². The topological polar surface area (TPSA) is 23.5 Å². The molecular weight excluding hydrogens is 150 g/mol. The molecule has 0 aromatic rings. The van der Waals surface area contributed by atoms with E-state index in [2.05, 4.69) is 11.0 Å². The van der Waals surface area contributed by atoms with E-state index in [0.29, 0.717) is 0 Å². The number of nitrogens with zero attached hydrogens (tertiary/aromatic N) is 1. The van der Waals surface area contributed by atoms with Crippen LogP contribution in [-0.4, -0.2) is 35.7 Å². The minimum atomic E-state index is -0.296. The molecule has 1 rings (SSSR count). The van der Waals surface area contributed by atoms with Gasteiger partial charge in [0.2, 0.25) is 0 Å². The van der Waals surface area contributed by atoms with Gasteiger partial charge in [-0.1, -0.05) is 18.6 Å². The zero-order valence-corrected chi connectivity index (χ0v) is 7.87. The van der Waals surface area contributed by atoms with E-state index in [4.69, 9.17) is 5.11 Å². The summed E-state index contributed by atoms with van der Waals surface area (Å²) in [6, 6.07) is 0. The molecule has 0 aromatic carbocycles. The molecule has 70 valence electrons. The zero-order valence-electron chi connectivity index (χ0n) is 7.87. The fourth-order valence-electron chi connectivity index (χ4n) is 1.55. The molecule has 12 heavy (non-hydrogen) atoms. The zero-order chi connectivity index (χ0) is 8.81. The Morgan fingerprint density at radius 1 is 1.33 bits per heavy atom. The highest BCUT2D eigenvalue weighted by atomic mass is 16.3. The molecule has 1 aliphatic rings. The largest absolute Gasteiger partial charge is 0.389 e. The standard InChI is InChI=1S/C10H19NO/c1-10(12)6-5-9-11-7-3-2-4-8-11/h5-6,10,12H,2-4,7-9H2,1H3/b6-5+. The first-order valence-electron chi connectivity index (χ1n) is 4.86. The molecule has 0 aromatic heterocycles. The molecule has 0 bridgehead atoms. The van der Waals surface area contributed by atoms with E-state index in [-0.39, 0.29) is 6.10 Å². The van der Waals surface area contributed by atoms with Crippen molar-refractivity contribution in [3.8, 4) is 0 Å². The molecule has 1 unspecified atom stereocenters. The lowest BCUT2D eigenvalue weighted by molar-refractivity contribution is 0.237. The molecule has 2 heteroatoms. The van der Waals surface area contributed by atoms with Crippen molar-refractivity contribution in [1.29, 1.82) is 0 Å². The van der Waals surface area contributed by atoms with Crippen LogP contribution in [0.25, 0.3) is 0 Å². The first kappa shape index (κ1) is 9.75. The van der Waals surface area contributed by atoms with Crippen LogP contribution in [0.3, 0.4) is 0 Å². The van der Waals surface area contributed by atoms with Gasteiger partial charge >= 0.3 is 0 Å². The maximum absolute atomic E-state index is 8.98. The number of hydrogen-bond donors (Lipinski definition) is 1. The van der Waals surface area contributed by atoms with E-state index in [9.17, 15) is 0 Å². The Kier molecular flexibility index (Phi) is 4.33. The van der Waals surface area contributed by atoms with E-state index < -0.39 is 0 Å². The van der Waals surface area contributed by atoms with Gasteiger partial charge in [0.05, 0.1) is 6.10 Å². The Morgan fingerprint density at radius 2 is 2.00 bits per heavy atom. The fourth-order valence-corrected chi connectivity index (χ4v) is 1.55. The molecule has 1 atom stereocenters. The maximum Gasteiger partial charge on any atom is 0.0693 e. The van der Waals surface area contributed by atoms with Crippen molar-refractivity contribution in [3.05, 3.63) is 12.2 Å². The van der Waals surface area contributed by atoms with Crippen LogP contribution in [-0.2, 0) is 0 Å². The Morgan fingerprint density at radius 3 is 2.58 bits per heavy atom. The highest BCUT2D eigenvalue weighted by molar-refractivity contribution is 4.89. The number of aliphatic hydroxyl groups is 1. The highest BCUT2D eigenvalue weighted by Gasteiger charge is 2.07. The van der Waals surface area contributed by atoms with Crippen LogP contribution in [0.15, 0.2) is 12.2 Å². The van der Waals surface area contributed by atoms with Gasteiger partial charge in [-0.05, 0) is 32.9 Å². The summed E-state index contributed by atoms with van der Waals surface area (Å²) in [4.78, 5) is 2.43. The van der Waals surface area contributed by atoms with Gasteiger partial charge in [0.25, 0.3) is 0 Å². The molecule has 2 nitrogen and oxygen atoms in total. The normalized spacial score (nSPS) is 23.2. The minimum Gasteiger partial charge on any atom is -0.389 e. The van der Waals surface area contributed by atoms with Crippen molar-refractivity contribution in [2.24, 2.45) is 0 Å². The summed E-state index contributed by atoms with van der Waals surface area (Å²) in [5.74, 6) is 0. The maximum atomic E-state index is 8.98. The summed E-state index contributed by atoms with van der Waals surface area (Å²) in [7, 11) is 0. The third-order valence-corrected chi connectivity index (χ3v) is 2.23. The quantitative estimate of drug-likeness (QED) is 0.646. The number of likely N-dealkylation sites (tertiary alicyclic amines) is 1. The predicted octanol–water partition coefficient (Wildman–Crippen LogP) is 1.41. The number of hydrogen-bond acceptors (Lipinski definition) is 2. The fraction of sp³-hybridized carbons (Fsp3) is 0.800. The summed E-state index contributed by atoms with van der Waals surface area (Å²) >= 11 is 0. The highest BCUT2D eigenvalue weighted by Crippen LogP contribution is 2.07. The van der Waals surface area contributed by atoms with Crippen molar-refractivity contribution in [3.63, 3.8) is 0 Å². The first-order chi connectivity index (χ1) is 5.79. The van der Waals surface area contributed by atoms with Crippen LogP contribution in [0.1, 0.15) is 26.2 Å². The number of rotatable bonds is 3. The van der Waals surface area contributed by atoms with Crippen molar-refractivity contribution >= 4 is 0 Å². The molecule has 1 aliphatic heterocycles. The smallest absolute Gasteiger partial charge is 0.0693 e. The molecule has 0 amide bonds. The second-order valence-corrected chi connectivity index (χ2v) is 3.53. The van der Waals surface area contributed by atoms with E-state index >= 15 is 0 Å². The Labute approximate surface area is 74.9 Å². The van der Waals surface area contributed by atoms with Crippen LogP contribution in [0.4, 0.5) is 0 Å². The molecule has 0 saturated carbocycles. The van der Waals surface area contributed by atoms with E-state index in [1.165, 1.54) is 32.4 Å². The van der Waals surface area contributed by atoms with Gasteiger partial charge in [0.15, 0.2) is 0 Å². The molecule has 1 fully saturated rings. The van der Waals surface area contributed by atoms with Gasteiger partial charge in [0, 0.05) is 6.54 Å². The van der Waals surface area contributed by atoms with Crippen molar-refractivity contribution < 1.29 is 5.11 Å². The Hall–Kier alpha value is -0.340. The summed E-state index contributed by atoms with van der Waals surface area (Å²) < 4.78 is 0. The third kappa shape index (κ3) is 3.88. The van der Waals surface area contributed by atoms with Crippen molar-refractivity contribution in [2.75, 3.05) is 19.6 Å². The summed E-state index contributed by atoms with van der Waals surface area (Å²) in [6.45, 7) is 5.24. The summed E-state index contributed by atoms with van der Waals surface area (Å²) in [6.07, 6.45) is 7.68. The Balaban J connectivity index is 2.12. The second-order valence-electron chi connectivity index (χ2n) is 3.53. The van der Waals surface area contributed by atoms with Crippen LogP contribution in [0.5, 0.6) is 0 Å². The monoisotopic (exact) mass is 169 g/mol. The van der Waals surface area contributed by atoms with Crippen LogP contribution < -0.4 is 0 Å². The number of aliphatic hydroxyl groups excluding tert-OH is 1. The molecular formula is C10H19NO.